The highest BCUT2D eigenvalue weighted by Gasteiger charge is 2.42. The number of nitrogens with zero attached hydrogens (tertiary/aromatic N) is 1. The van der Waals surface area contributed by atoms with Crippen molar-refractivity contribution >= 4 is 27.7 Å². The van der Waals surface area contributed by atoms with Crippen LogP contribution < -0.4 is 5.32 Å². The molecule has 2 amide bonds. The summed E-state index contributed by atoms with van der Waals surface area (Å²) < 4.78 is 0.969. The molecule has 1 aromatic carbocycles. The summed E-state index contributed by atoms with van der Waals surface area (Å²) in [6.07, 6.45) is 2.08. The van der Waals surface area contributed by atoms with Gasteiger partial charge in [0.05, 0.1) is 6.54 Å². The number of halogens is 1. The number of hydrogen-bond acceptors (Lipinski definition) is 2. The quantitative estimate of drug-likeness (QED) is 0.920. The third-order valence-electron chi connectivity index (χ3n) is 3.64. The molecule has 1 aliphatic carbocycles. The molecule has 1 unspecified atom stereocenters. The average molecular weight is 323 g/mol. The Balaban J connectivity index is 1.77. The standard InChI is InChI=1S/C14H15BrN2O2/c15-11-4-2-1-3-10(11)7-17-8-12(18)16-13(14(17)19)9-5-6-9/h1-4,9,13H,5-8H2,(H,16,18). The van der Waals surface area contributed by atoms with Crippen LogP contribution in [0.5, 0.6) is 0 Å². The first-order chi connectivity index (χ1) is 9.15. The van der Waals surface area contributed by atoms with Gasteiger partial charge in [-0.2, -0.15) is 0 Å². The van der Waals surface area contributed by atoms with Crippen molar-refractivity contribution in [2.45, 2.75) is 25.4 Å². The van der Waals surface area contributed by atoms with E-state index in [4.69, 9.17) is 0 Å². The van der Waals surface area contributed by atoms with E-state index in [0.717, 1.165) is 22.9 Å². The van der Waals surface area contributed by atoms with Gasteiger partial charge in [-0.05, 0) is 30.4 Å². The third kappa shape index (κ3) is 2.66. The molecule has 1 aromatic rings. The zero-order valence-corrected chi connectivity index (χ0v) is 12.0. The number of piperazine rings is 1. The van der Waals surface area contributed by atoms with Crippen molar-refractivity contribution in [3.8, 4) is 0 Å². The summed E-state index contributed by atoms with van der Waals surface area (Å²) >= 11 is 3.48. The van der Waals surface area contributed by atoms with Gasteiger partial charge in [-0.25, -0.2) is 0 Å². The van der Waals surface area contributed by atoms with Gasteiger partial charge >= 0.3 is 0 Å². The zero-order valence-electron chi connectivity index (χ0n) is 10.4. The molecule has 1 saturated heterocycles. The van der Waals surface area contributed by atoms with Gasteiger partial charge in [-0.1, -0.05) is 34.1 Å². The van der Waals surface area contributed by atoms with Crippen LogP contribution in [0.3, 0.4) is 0 Å². The largest absolute Gasteiger partial charge is 0.342 e. The third-order valence-corrected chi connectivity index (χ3v) is 4.41. The maximum atomic E-state index is 12.4. The van der Waals surface area contributed by atoms with Crippen molar-refractivity contribution in [3.63, 3.8) is 0 Å². The SMILES string of the molecule is O=C1CN(Cc2ccccc2Br)C(=O)C(C2CC2)N1. The van der Waals surface area contributed by atoms with Crippen molar-refractivity contribution in [1.29, 1.82) is 0 Å². The molecule has 1 aliphatic heterocycles. The van der Waals surface area contributed by atoms with E-state index in [-0.39, 0.29) is 24.4 Å². The lowest BCUT2D eigenvalue weighted by molar-refractivity contribution is -0.145. The summed E-state index contributed by atoms with van der Waals surface area (Å²) in [6, 6.07) is 7.49. The highest BCUT2D eigenvalue weighted by molar-refractivity contribution is 9.10. The highest BCUT2D eigenvalue weighted by Crippen LogP contribution is 2.34. The molecule has 1 N–H and O–H groups in total. The van der Waals surface area contributed by atoms with Crippen LogP contribution in [0, 0.1) is 5.92 Å². The van der Waals surface area contributed by atoms with Gasteiger partial charge in [0, 0.05) is 11.0 Å². The lowest BCUT2D eigenvalue weighted by Crippen LogP contribution is -2.58. The second-order valence-electron chi connectivity index (χ2n) is 5.17. The molecule has 0 bridgehead atoms. The summed E-state index contributed by atoms with van der Waals surface area (Å²) in [5.74, 6) is 0.347. The fourth-order valence-electron chi connectivity index (χ4n) is 2.44. The molecular formula is C14H15BrN2O2. The van der Waals surface area contributed by atoms with E-state index in [1.807, 2.05) is 24.3 Å². The maximum absolute atomic E-state index is 12.4. The van der Waals surface area contributed by atoms with Crippen LogP contribution in [0.2, 0.25) is 0 Å². The van der Waals surface area contributed by atoms with E-state index in [1.165, 1.54) is 0 Å². The Morgan fingerprint density at radius 2 is 2.00 bits per heavy atom. The number of benzene rings is 1. The van der Waals surface area contributed by atoms with Crippen LogP contribution in [0.25, 0.3) is 0 Å². The fourth-order valence-corrected chi connectivity index (χ4v) is 2.85. The van der Waals surface area contributed by atoms with E-state index in [0.29, 0.717) is 12.5 Å². The van der Waals surface area contributed by atoms with Gasteiger partial charge in [0.1, 0.15) is 6.04 Å². The molecule has 2 aliphatic rings. The van der Waals surface area contributed by atoms with Gasteiger partial charge in [0.25, 0.3) is 0 Å². The first-order valence-corrected chi connectivity index (χ1v) is 7.26. The van der Waals surface area contributed by atoms with E-state index >= 15 is 0 Å². The Morgan fingerprint density at radius 1 is 1.26 bits per heavy atom. The molecule has 1 heterocycles. The Kier molecular flexibility index (Phi) is 3.31. The Labute approximate surface area is 120 Å². The Morgan fingerprint density at radius 3 is 2.68 bits per heavy atom. The monoisotopic (exact) mass is 322 g/mol. The minimum absolute atomic E-state index is 0.0523. The van der Waals surface area contributed by atoms with Gasteiger partial charge in [0.2, 0.25) is 11.8 Å². The molecule has 0 aromatic heterocycles. The van der Waals surface area contributed by atoms with Gasteiger partial charge in [-0.15, -0.1) is 0 Å². The second-order valence-corrected chi connectivity index (χ2v) is 6.02. The minimum atomic E-state index is -0.302. The number of rotatable bonds is 3. The molecule has 5 heteroatoms. The zero-order chi connectivity index (χ0) is 13.4. The van der Waals surface area contributed by atoms with Crippen LogP contribution in [0.4, 0.5) is 0 Å². The summed E-state index contributed by atoms with van der Waals surface area (Å²) in [4.78, 5) is 25.7. The predicted molar refractivity (Wildman–Crippen MR) is 74.2 cm³/mol. The molecule has 0 radical (unpaired) electrons. The molecule has 2 fully saturated rings. The molecule has 3 rings (SSSR count). The van der Waals surface area contributed by atoms with Gasteiger partial charge in [0.15, 0.2) is 0 Å². The predicted octanol–water partition coefficient (Wildman–Crippen LogP) is 1.69. The molecular weight excluding hydrogens is 308 g/mol. The number of carbonyl (C=O) groups excluding carboxylic acids is 2. The van der Waals surface area contributed by atoms with Crippen molar-refractivity contribution in [1.82, 2.24) is 10.2 Å². The first-order valence-electron chi connectivity index (χ1n) is 6.46. The molecule has 1 atom stereocenters. The second kappa shape index (κ2) is 4.96. The normalized spacial score (nSPS) is 23.4. The number of nitrogens with one attached hydrogen (secondary N) is 1. The molecule has 4 nitrogen and oxygen atoms in total. The van der Waals surface area contributed by atoms with E-state index in [9.17, 15) is 9.59 Å². The van der Waals surface area contributed by atoms with E-state index < -0.39 is 0 Å². The number of hydrogen-bond donors (Lipinski definition) is 1. The summed E-state index contributed by atoms with van der Waals surface area (Å²) in [7, 11) is 0. The lowest BCUT2D eigenvalue weighted by atomic mass is 10.1. The van der Waals surface area contributed by atoms with Crippen molar-refractivity contribution in [2.75, 3.05) is 6.54 Å². The smallest absolute Gasteiger partial charge is 0.246 e. The van der Waals surface area contributed by atoms with Gasteiger partial charge in [-0.3, -0.25) is 9.59 Å². The van der Waals surface area contributed by atoms with Crippen molar-refractivity contribution < 1.29 is 9.59 Å². The van der Waals surface area contributed by atoms with Crippen LogP contribution in [0.1, 0.15) is 18.4 Å². The van der Waals surface area contributed by atoms with Crippen LogP contribution >= 0.6 is 15.9 Å². The summed E-state index contributed by atoms with van der Waals surface area (Å²) in [5.41, 5.74) is 1.03. The topological polar surface area (TPSA) is 49.4 Å². The Hall–Kier alpha value is -1.36. The fraction of sp³-hybridized carbons (Fsp3) is 0.429. The van der Waals surface area contributed by atoms with Crippen molar-refractivity contribution in [3.05, 3.63) is 34.3 Å². The number of carbonyl (C=O) groups is 2. The molecule has 0 spiro atoms. The number of amides is 2. The van der Waals surface area contributed by atoms with Crippen LogP contribution in [0.15, 0.2) is 28.7 Å². The molecule has 1 saturated carbocycles. The Bertz CT molecular complexity index is 528. The molecule has 100 valence electrons. The average Bonchev–Trinajstić information content (AvgIpc) is 3.20. The van der Waals surface area contributed by atoms with Crippen LogP contribution in [-0.4, -0.2) is 29.3 Å². The maximum Gasteiger partial charge on any atom is 0.246 e. The van der Waals surface area contributed by atoms with E-state index in [2.05, 4.69) is 21.2 Å². The van der Waals surface area contributed by atoms with Gasteiger partial charge < -0.3 is 10.2 Å². The minimum Gasteiger partial charge on any atom is -0.342 e. The molecule has 19 heavy (non-hydrogen) atoms. The lowest BCUT2D eigenvalue weighted by Gasteiger charge is -2.32. The van der Waals surface area contributed by atoms with Crippen LogP contribution in [-0.2, 0) is 16.1 Å². The highest BCUT2D eigenvalue weighted by atomic mass is 79.9. The first kappa shape index (κ1) is 12.7. The summed E-state index contributed by atoms with van der Waals surface area (Å²) in [6.45, 7) is 0.639. The van der Waals surface area contributed by atoms with Crippen molar-refractivity contribution in [2.24, 2.45) is 5.92 Å². The summed E-state index contributed by atoms with van der Waals surface area (Å²) in [5, 5.41) is 2.82. The van der Waals surface area contributed by atoms with E-state index in [1.54, 1.807) is 4.90 Å².